The lowest BCUT2D eigenvalue weighted by molar-refractivity contribution is 0.288. The van der Waals surface area contributed by atoms with Crippen LogP contribution in [0.2, 0.25) is 0 Å². The van der Waals surface area contributed by atoms with Gasteiger partial charge in [0.1, 0.15) is 5.75 Å². The second kappa shape index (κ2) is 5.56. The summed E-state index contributed by atoms with van der Waals surface area (Å²) in [5.74, 6) is 0.507. The normalized spacial score (nSPS) is 14.6. The summed E-state index contributed by atoms with van der Waals surface area (Å²) < 4.78 is 21.7. The molecule has 0 spiro atoms. The summed E-state index contributed by atoms with van der Waals surface area (Å²) >= 11 is 3.83. The van der Waals surface area contributed by atoms with Crippen molar-refractivity contribution in [1.29, 1.82) is 0 Å². The summed E-state index contributed by atoms with van der Waals surface area (Å²) in [6.45, 7) is -1.05. The average Bonchev–Trinajstić information content (AvgIpc) is 2.18. The van der Waals surface area contributed by atoms with E-state index in [0.717, 1.165) is 5.56 Å². The fraction of sp³-hybridized carbons (Fsp3) is 0.333. The van der Waals surface area contributed by atoms with Gasteiger partial charge in [-0.2, -0.15) is 0 Å². The third kappa shape index (κ3) is 4.26. The molecule has 0 aliphatic carbocycles. The van der Waals surface area contributed by atoms with E-state index in [0.29, 0.717) is 5.75 Å². The Morgan fingerprint density at radius 1 is 1.47 bits per heavy atom. The Hall–Kier alpha value is -0.480. The van der Waals surface area contributed by atoms with Crippen molar-refractivity contribution >= 4 is 19.0 Å². The molecule has 4 nitrogen and oxygen atoms in total. The minimum absolute atomic E-state index is 0.159. The quantitative estimate of drug-likeness (QED) is 0.619. The van der Waals surface area contributed by atoms with E-state index in [-0.39, 0.29) is 13.2 Å². The van der Waals surface area contributed by atoms with Gasteiger partial charge in [0.15, 0.2) is 0 Å². The van der Waals surface area contributed by atoms with E-state index in [1.54, 1.807) is 12.1 Å². The van der Waals surface area contributed by atoms with Gasteiger partial charge in [0.2, 0.25) is 0 Å². The van der Waals surface area contributed by atoms with Crippen LogP contribution < -0.4 is 10.3 Å². The maximum Gasteiger partial charge on any atom is 0.437 e. The van der Waals surface area contributed by atoms with Crippen LogP contribution in [0.25, 0.3) is 0 Å². The summed E-state index contributed by atoms with van der Waals surface area (Å²) in [5.41, 5.74) is 6.10. The Morgan fingerprint density at radius 3 is 2.73 bits per heavy atom. The number of thiol groups is 1. The lowest BCUT2D eigenvalue weighted by Crippen LogP contribution is -2.07. The van der Waals surface area contributed by atoms with Crippen molar-refractivity contribution in [2.24, 2.45) is 5.73 Å². The maximum atomic E-state index is 11.7. The number of para-hydroxylation sites is 1. The van der Waals surface area contributed by atoms with E-state index in [9.17, 15) is 4.57 Å². The van der Waals surface area contributed by atoms with Crippen LogP contribution in [0.4, 0.5) is 0 Å². The third-order valence-electron chi connectivity index (χ3n) is 1.68. The first kappa shape index (κ1) is 12.6. The van der Waals surface area contributed by atoms with Gasteiger partial charge in [0, 0.05) is 6.54 Å². The van der Waals surface area contributed by atoms with Gasteiger partial charge in [0.05, 0.1) is 6.61 Å². The van der Waals surface area contributed by atoms with Crippen LogP contribution >= 0.6 is 19.0 Å². The highest BCUT2D eigenvalue weighted by atomic mass is 32.7. The fourth-order valence-corrected chi connectivity index (χ4v) is 2.33. The minimum atomic E-state index is -3.34. The Bertz CT molecular complexity index is 372. The molecule has 1 rings (SSSR count). The lowest BCUT2D eigenvalue weighted by Gasteiger charge is -2.14. The molecule has 2 N–H and O–H groups in total. The second-order valence-electron chi connectivity index (χ2n) is 2.95. The standard InChI is InChI=1S/C9H14NO3PS/c1-8-4-2-3-5-9(8)13-14(11,15)12-7-6-10/h2-5H,6-7,10H2,1H3,(H,11,15). The number of benzene rings is 1. The highest BCUT2D eigenvalue weighted by molar-refractivity contribution is 8.44. The number of hydrogen-bond acceptors (Lipinski definition) is 4. The van der Waals surface area contributed by atoms with E-state index in [4.69, 9.17) is 14.8 Å². The summed E-state index contributed by atoms with van der Waals surface area (Å²) in [6.07, 6.45) is 0. The van der Waals surface area contributed by atoms with Gasteiger partial charge < -0.3 is 10.3 Å². The van der Waals surface area contributed by atoms with E-state index in [2.05, 4.69) is 12.2 Å². The molecule has 1 aromatic rings. The van der Waals surface area contributed by atoms with E-state index < -0.39 is 6.80 Å². The summed E-state index contributed by atoms with van der Waals surface area (Å²) in [5, 5.41) is 0. The Kier molecular flexibility index (Phi) is 4.67. The SMILES string of the molecule is Cc1ccccc1OP(=O)(S)OCCN. The topological polar surface area (TPSA) is 61.5 Å². The molecule has 15 heavy (non-hydrogen) atoms. The molecule has 0 amide bonds. The first-order valence-electron chi connectivity index (χ1n) is 4.48. The van der Waals surface area contributed by atoms with Crippen molar-refractivity contribution in [2.75, 3.05) is 13.2 Å². The average molecular weight is 247 g/mol. The van der Waals surface area contributed by atoms with E-state index >= 15 is 0 Å². The van der Waals surface area contributed by atoms with Gasteiger partial charge >= 0.3 is 6.80 Å². The van der Waals surface area contributed by atoms with Crippen LogP contribution in [0.5, 0.6) is 5.75 Å². The summed E-state index contributed by atoms with van der Waals surface area (Å²) in [6, 6.07) is 7.22. The van der Waals surface area contributed by atoms with Gasteiger partial charge in [-0.3, -0.25) is 4.52 Å². The van der Waals surface area contributed by atoms with Crippen LogP contribution in [0.1, 0.15) is 5.56 Å². The van der Waals surface area contributed by atoms with Gasteiger partial charge in [-0.15, -0.1) is 0 Å². The number of nitrogens with two attached hydrogens (primary N) is 1. The van der Waals surface area contributed by atoms with Crippen LogP contribution in [0, 0.1) is 6.92 Å². The van der Waals surface area contributed by atoms with Gasteiger partial charge in [-0.05, 0) is 30.8 Å². The van der Waals surface area contributed by atoms with Crippen LogP contribution in [0.3, 0.4) is 0 Å². The molecule has 0 aliphatic rings. The summed E-state index contributed by atoms with van der Waals surface area (Å²) in [4.78, 5) is 0. The molecule has 0 fully saturated rings. The van der Waals surface area contributed by atoms with E-state index in [1.165, 1.54) is 0 Å². The first-order chi connectivity index (χ1) is 7.05. The van der Waals surface area contributed by atoms with Crippen molar-refractivity contribution in [1.82, 2.24) is 0 Å². The maximum absolute atomic E-state index is 11.7. The number of rotatable bonds is 5. The number of hydrogen-bond donors (Lipinski definition) is 2. The molecule has 84 valence electrons. The van der Waals surface area contributed by atoms with Crippen LogP contribution in [-0.2, 0) is 9.09 Å². The lowest BCUT2D eigenvalue weighted by atomic mass is 10.2. The predicted octanol–water partition coefficient (Wildman–Crippen LogP) is 2.39. The van der Waals surface area contributed by atoms with Gasteiger partial charge in [-0.1, -0.05) is 18.2 Å². The summed E-state index contributed by atoms with van der Waals surface area (Å²) in [7, 11) is 0. The minimum Gasteiger partial charge on any atom is -0.417 e. The Morgan fingerprint density at radius 2 is 2.13 bits per heavy atom. The Balaban J connectivity index is 2.69. The molecule has 0 bridgehead atoms. The molecule has 1 aromatic carbocycles. The molecule has 0 saturated carbocycles. The molecular weight excluding hydrogens is 233 g/mol. The molecule has 0 aliphatic heterocycles. The zero-order valence-electron chi connectivity index (χ0n) is 8.42. The van der Waals surface area contributed by atoms with Crippen molar-refractivity contribution in [3.8, 4) is 5.75 Å². The van der Waals surface area contributed by atoms with Crippen molar-refractivity contribution in [3.05, 3.63) is 29.8 Å². The zero-order chi connectivity index (χ0) is 11.3. The molecule has 0 radical (unpaired) electrons. The zero-order valence-corrected chi connectivity index (χ0v) is 10.2. The highest BCUT2D eigenvalue weighted by Gasteiger charge is 2.20. The molecule has 1 atom stereocenters. The van der Waals surface area contributed by atoms with Gasteiger partial charge in [-0.25, -0.2) is 4.57 Å². The smallest absolute Gasteiger partial charge is 0.417 e. The van der Waals surface area contributed by atoms with E-state index in [1.807, 2.05) is 19.1 Å². The molecule has 0 saturated heterocycles. The predicted molar refractivity (Wildman–Crippen MR) is 63.4 cm³/mol. The highest BCUT2D eigenvalue weighted by Crippen LogP contribution is 2.52. The van der Waals surface area contributed by atoms with Crippen molar-refractivity contribution in [2.45, 2.75) is 6.92 Å². The molecule has 0 heterocycles. The molecular formula is C9H14NO3PS. The Labute approximate surface area is 94.5 Å². The third-order valence-corrected chi connectivity index (χ3v) is 3.21. The largest absolute Gasteiger partial charge is 0.437 e. The van der Waals surface area contributed by atoms with Crippen LogP contribution in [-0.4, -0.2) is 13.2 Å². The monoisotopic (exact) mass is 247 g/mol. The molecule has 6 heteroatoms. The second-order valence-corrected chi connectivity index (χ2v) is 5.79. The van der Waals surface area contributed by atoms with Crippen molar-refractivity contribution in [3.63, 3.8) is 0 Å². The van der Waals surface area contributed by atoms with Gasteiger partial charge in [0.25, 0.3) is 0 Å². The number of aryl methyl sites for hydroxylation is 1. The first-order valence-corrected chi connectivity index (χ1v) is 7.17. The molecule has 0 aromatic heterocycles. The van der Waals surface area contributed by atoms with Crippen LogP contribution in [0.15, 0.2) is 24.3 Å². The van der Waals surface area contributed by atoms with Crippen molar-refractivity contribution < 1.29 is 13.6 Å². The molecule has 1 unspecified atom stereocenters. The fourth-order valence-electron chi connectivity index (χ4n) is 0.978.